The fourth-order valence-electron chi connectivity index (χ4n) is 5.61. The fraction of sp³-hybridized carbons (Fsp3) is 0.345. The molecular weight excluding hydrogens is 459 g/mol. The van der Waals surface area contributed by atoms with Gasteiger partial charge >= 0.3 is 0 Å². The summed E-state index contributed by atoms with van der Waals surface area (Å²) in [6, 6.07) is 13.2. The first-order chi connectivity index (χ1) is 17.5. The number of allylic oxidation sites excluding steroid dienone is 4. The van der Waals surface area contributed by atoms with Crippen LogP contribution in [-0.2, 0) is 14.4 Å². The Morgan fingerprint density at radius 3 is 2.28 bits per heavy atom. The van der Waals surface area contributed by atoms with Crippen molar-refractivity contribution in [2.24, 2.45) is 0 Å². The summed E-state index contributed by atoms with van der Waals surface area (Å²) in [5, 5.41) is 2.51. The summed E-state index contributed by atoms with van der Waals surface area (Å²) in [6.45, 7) is 2.49. The predicted octanol–water partition coefficient (Wildman–Crippen LogP) is 5.28. The second-order valence-corrected chi connectivity index (χ2v) is 9.34. The van der Waals surface area contributed by atoms with E-state index in [2.05, 4.69) is 17.1 Å². The van der Waals surface area contributed by atoms with Gasteiger partial charge in [-0.3, -0.25) is 14.4 Å². The maximum atomic E-state index is 13.8. The number of hydrogen-bond donors (Lipinski definition) is 1. The number of amides is 1. The van der Waals surface area contributed by atoms with E-state index in [0.29, 0.717) is 18.6 Å². The first-order valence-electron chi connectivity index (χ1n) is 12.5. The van der Waals surface area contributed by atoms with Crippen molar-refractivity contribution in [3.63, 3.8) is 0 Å². The van der Waals surface area contributed by atoms with Gasteiger partial charge in [-0.2, -0.15) is 0 Å². The highest BCUT2D eigenvalue weighted by Crippen LogP contribution is 2.49. The average Bonchev–Trinajstić information content (AvgIpc) is 2.88. The van der Waals surface area contributed by atoms with Gasteiger partial charge in [0.15, 0.2) is 18.2 Å². The van der Waals surface area contributed by atoms with Gasteiger partial charge in [0.25, 0.3) is 5.91 Å². The van der Waals surface area contributed by atoms with Crippen LogP contribution in [0.2, 0.25) is 0 Å². The van der Waals surface area contributed by atoms with E-state index in [1.54, 1.807) is 18.2 Å². The summed E-state index contributed by atoms with van der Waals surface area (Å²) in [6.07, 6.45) is 4.24. The largest absolute Gasteiger partial charge is 0.484 e. The smallest absolute Gasteiger partial charge is 0.262 e. The van der Waals surface area contributed by atoms with Gasteiger partial charge in [0.05, 0.1) is 5.69 Å². The number of hydrogen-bond acceptors (Lipinski definition) is 5. The molecule has 6 nitrogen and oxygen atoms in total. The lowest BCUT2D eigenvalue weighted by molar-refractivity contribution is -0.118. The molecule has 1 heterocycles. The molecule has 0 aromatic heterocycles. The lowest BCUT2D eigenvalue weighted by Gasteiger charge is -2.43. The molecule has 1 N–H and O–H groups in total. The fourth-order valence-corrected chi connectivity index (χ4v) is 5.61. The number of carbonyl (C=O) groups is 3. The van der Waals surface area contributed by atoms with Gasteiger partial charge in [-0.05, 0) is 62.4 Å². The van der Waals surface area contributed by atoms with Crippen molar-refractivity contribution in [1.82, 2.24) is 4.90 Å². The van der Waals surface area contributed by atoms with Crippen LogP contribution >= 0.6 is 0 Å². The second kappa shape index (κ2) is 10.1. The molecule has 7 heteroatoms. The molecule has 0 unspecified atom stereocenters. The van der Waals surface area contributed by atoms with E-state index in [-0.39, 0.29) is 23.9 Å². The molecule has 3 aliphatic rings. The van der Waals surface area contributed by atoms with Crippen LogP contribution in [0.25, 0.3) is 0 Å². The van der Waals surface area contributed by atoms with Crippen molar-refractivity contribution >= 4 is 23.2 Å². The summed E-state index contributed by atoms with van der Waals surface area (Å²) in [4.78, 5) is 41.0. The predicted molar refractivity (Wildman–Crippen MR) is 134 cm³/mol. The van der Waals surface area contributed by atoms with Crippen LogP contribution in [0.5, 0.6) is 5.75 Å². The maximum Gasteiger partial charge on any atom is 0.262 e. The van der Waals surface area contributed by atoms with Crippen molar-refractivity contribution in [1.29, 1.82) is 0 Å². The Balaban J connectivity index is 1.44. The third kappa shape index (κ3) is 4.45. The standard InChI is InChI=1S/C29H29FN2O4/c1-2-32-22-12-6-14-24(33)28(22)27(29-23(32)13-7-15-25(29)34)18-8-5-9-19(16-18)36-17-26(35)31-21-11-4-3-10-20(21)30/h3-5,8-11,16,27H,2,6-7,12-15,17H2,1H3,(H,31,35). The highest BCUT2D eigenvalue weighted by atomic mass is 19.1. The molecular formula is C29H29FN2O4. The van der Waals surface area contributed by atoms with E-state index in [1.807, 2.05) is 18.2 Å². The molecule has 2 aromatic rings. The van der Waals surface area contributed by atoms with Crippen molar-refractivity contribution in [3.05, 3.63) is 82.5 Å². The lowest BCUT2D eigenvalue weighted by atomic mass is 9.71. The summed E-state index contributed by atoms with van der Waals surface area (Å²) in [5.74, 6) is -0.782. The first-order valence-corrected chi connectivity index (χ1v) is 12.5. The second-order valence-electron chi connectivity index (χ2n) is 9.34. The van der Waals surface area contributed by atoms with Crippen molar-refractivity contribution in [3.8, 4) is 5.75 Å². The summed E-state index contributed by atoms with van der Waals surface area (Å²) in [5.41, 5.74) is 4.44. The highest BCUT2D eigenvalue weighted by Gasteiger charge is 2.42. The summed E-state index contributed by atoms with van der Waals surface area (Å²) < 4.78 is 19.6. The van der Waals surface area contributed by atoms with E-state index < -0.39 is 17.6 Å². The van der Waals surface area contributed by atoms with Gasteiger partial charge in [-0.15, -0.1) is 0 Å². The van der Waals surface area contributed by atoms with Crippen LogP contribution in [-0.4, -0.2) is 35.5 Å². The molecule has 2 aliphatic carbocycles. The Morgan fingerprint density at radius 1 is 0.972 bits per heavy atom. The number of carbonyl (C=O) groups excluding carboxylic acids is 3. The number of nitrogens with zero attached hydrogens (tertiary/aromatic N) is 1. The Hall–Kier alpha value is -3.74. The quantitative estimate of drug-likeness (QED) is 0.599. The van der Waals surface area contributed by atoms with Gasteiger partial charge in [0, 0.05) is 47.8 Å². The van der Waals surface area contributed by atoms with Crippen molar-refractivity contribution in [2.75, 3.05) is 18.5 Å². The van der Waals surface area contributed by atoms with E-state index >= 15 is 0 Å². The van der Waals surface area contributed by atoms with Gasteiger partial charge in [0.2, 0.25) is 0 Å². The Kier molecular flexibility index (Phi) is 6.72. The van der Waals surface area contributed by atoms with Crippen molar-refractivity contribution < 1.29 is 23.5 Å². The number of halogens is 1. The Bertz CT molecular complexity index is 1250. The molecule has 36 heavy (non-hydrogen) atoms. The summed E-state index contributed by atoms with van der Waals surface area (Å²) >= 11 is 0. The number of ketones is 2. The Labute approximate surface area is 209 Å². The monoisotopic (exact) mass is 488 g/mol. The molecule has 1 aliphatic heterocycles. The minimum absolute atomic E-state index is 0.0908. The first kappa shape index (κ1) is 24.0. The number of Topliss-reactive ketones (excluding diaryl/α,β-unsaturated/α-hetero) is 2. The molecule has 0 atom stereocenters. The minimum atomic E-state index is -0.520. The number of rotatable bonds is 6. The lowest BCUT2D eigenvalue weighted by Crippen LogP contribution is -2.39. The van der Waals surface area contributed by atoms with Gasteiger partial charge in [-0.1, -0.05) is 24.3 Å². The third-order valence-electron chi connectivity index (χ3n) is 7.11. The van der Waals surface area contributed by atoms with E-state index in [1.165, 1.54) is 12.1 Å². The van der Waals surface area contributed by atoms with Crippen LogP contribution in [0.15, 0.2) is 71.1 Å². The zero-order valence-electron chi connectivity index (χ0n) is 20.3. The van der Waals surface area contributed by atoms with Crippen LogP contribution in [0.4, 0.5) is 10.1 Å². The van der Waals surface area contributed by atoms with Gasteiger partial charge < -0.3 is 15.0 Å². The van der Waals surface area contributed by atoms with E-state index in [0.717, 1.165) is 60.3 Å². The number of anilines is 1. The van der Waals surface area contributed by atoms with E-state index in [9.17, 15) is 18.8 Å². The number of nitrogens with one attached hydrogen (secondary N) is 1. The molecule has 0 spiro atoms. The molecule has 5 rings (SSSR count). The van der Waals surface area contributed by atoms with Crippen LogP contribution in [0.3, 0.4) is 0 Å². The van der Waals surface area contributed by atoms with Crippen LogP contribution < -0.4 is 10.1 Å². The van der Waals surface area contributed by atoms with E-state index in [4.69, 9.17) is 4.74 Å². The van der Waals surface area contributed by atoms with Crippen molar-refractivity contribution in [2.45, 2.75) is 51.4 Å². The topological polar surface area (TPSA) is 75.7 Å². The molecule has 186 valence electrons. The molecule has 2 aromatic carbocycles. The zero-order valence-corrected chi connectivity index (χ0v) is 20.3. The molecule has 0 fully saturated rings. The third-order valence-corrected chi connectivity index (χ3v) is 7.11. The maximum absolute atomic E-state index is 13.8. The highest BCUT2D eigenvalue weighted by molar-refractivity contribution is 6.06. The molecule has 1 amide bonds. The van der Waals surface area contributed by atoms with Crippen LogP contribution in [0.1, 0.15) is 56.9 Å². The van der Waals surface area contributed by atoms with Crippen LogP contribution in [0, 0.1) is 5.82 Å². The normalized spacial score (nSPS) is 18.2. The number of benzene rings is 2. The zero-order chi connectivity index (χ0) is 25.2. The molecule has 0 bridgehead atoms. The molecule has 0 radical (unpaired) electrons. The average molecular weight is 489 g/mol. The number of ether oxygens (including phenoxy) is 1. The Morgan fingerprint density at radius 2 is 1.64 bits per heavy atom. The van der Waals surface area contributed by atoms with Gasteiger partial charge in [-0.25, -0.2) is 4.39 Å². The minimum Gasteiger partial charge on any atom is -0.484 e. The summed E-state index contributed by atoms with van der Waals surface area (Å²) in [7, 11) is 0. The van der Waals surface area contributed by atoms with Gasteiger partial charge in [0.1, 0.15) is 11.6 Å². The SMILES string of the molecule is CCN1C2=C(C(=O)CCC2)C(c2cccc(OCC(=O)Nc3ccccc3F)c2)C2=C1CCCC2=O. The number of para-hydroxylation sites is 1. The molecule has 0 saturated heterocycles. The molecule has 0 saturated carbocycles.